The van der Waals surface area contributed by atoms with Crippen LogP contribution >= 0.6 is 0 Å². The first kappa shape index (κ1) is 22.8. The molecule has 1 aromatic heterocycles. The summed E-state index contributed by atoms with van der Waals surface area (Å²) in [5.41, 5.74) is 5.32. The van der Waals surface area contributed by atoms with Crippen molar-refractivity contribution in [3.63, 3.8) is 0 Å². The molecule has 0 bridgehead atoms. The van der Waals surface area contributed by atoms with Gasteiger partial charge in [0.2, 0.25) is 5.69 Å². The molecule has 0 spiro atoms. The Labute approximate surface area is 202 Å². The van der Waals surface area contributed by atoms with Crippen molar-refractivity contribution in [3.8, 4) is 34.3 Å². The second-order valence-corrected chi connectivity index (χ2v) is 9.33. The topological polar surface area (TPSA) is 40.8 Å². The first-order valence-electron chi connectivity index (χ1n) is 12.8. The highest BCUT2D eigenvalue weighted by atomic mass is 16.6. The van der Waals surface area contributed by atoms with Gasteiger partial charge in [-0.1, -0.05) is 39.0 Å². The molecule has 0 fully saturated rings. The molecule has 3 heterocycles. The van der Waals surface area contributed by atoms with E-state index in [1.54, 1.807) is 14.2 Å². The fraction of sp³-hybridized carbons (Fsp3) is 0.483. The summed E-state index contributed by atoms with van der Waals surface area (Å²) >= 11 is 0. The second-order valence-electron chi connectivity index (χ2n) is 9.33. The zero-order valence-corrected chi connectivity index (χ0v) is 20.7. The summed E-state index contributed by atoms with van der Waals surface area (Å²) in [7, 11) is 3.43. The normalized spacial score (nSPS) is 14.0. The highest BCUT2D eigenvalue weighted by Gasteiger charge is 2.31. The maximum Gasteiger partial charge on any atom is 0.216 e. The number of hydrogen-bond acceptors (Lipinski definition) is 4. The van der Waals surface area contributed by atoms with Gasteiger partial charge in [-0.15, -0.1) is 0 Å². The van der Waals surface area contributed by atoms with Gasteiger partial charge in [-0.05, 0) is 42.7 Å². The predicted octanol–water partition coefficient (Wildman–Crippen LogP) is 6.04. The van der Waals surface area contributed by atoms with E-state index < -0.39 is 0 Å². The molecule has 2 aliphatic heterocycles. The van der Waals surface area contributed by atoms with E-state index >= 15 is 0 Å². The number of rotatable bonds is 9. The Morgan fingerprint density at radius 1 is 0.882 bits per heavy atom. The molecule has 5 rings (SSSR count). The molecule has 0 saturated heterocycles. The maximum atomic E-state index is 5.96. The van der Waals surface area contributed by atoms with Crippen molar-refractivity contribution in [3.05, 3.63) is 41.6 Å². The molecule has 0 atom stereocenters. The number of ether oxygens (including phenoxy) is 4. The summed E-state index contributed by atoms with van der Waals surface area (Å²) in [5.74, 6) is 3.32. The van der Waals surface area contributed by atoms with Crippen LogP contribution in [0.5, 0.6) is 23.0 Å². The van der Waals surface area contributed by atoms with Crippen molar-refractivity contribution in [2.24, 2.45) is 0 Å². The molecule has 2 aromatic carbocycles. The van der Waals surface area contributed by atoms with E-state index in [0.717, 1.165) is 47.8 Å². The maximum absolute atomic E-state index is 5.96. The number of fused-ring (bicyclic) bond motifs is 5. The summed E-state index contributed by atoms with van der Waals surface area (Å²) in [4.78, 5) is 0. The Balaban J connectivity index is 1.63. The molecular weight excluding hydrogens is 426 g/mol. The van der Waals surface area contributed by atoms with Gasteiger partial charge in [0.15, 0.2) is 35.7 Å². The van der Waals surface area contributed by atoms with Gasteiger partial charge in [0.1, 0.15) is 13.2 Å². The van der Waals surface area contributed by atoms with Gasteiger partial charge in [-0.25, -0.2) is 0 Å². The summed E-state index contributed by atoms with van der Waals surface area (Å²) in [6.45, 7) is 4.42. The number of benzene rings is 2. The molecule has 3 aromatic rings. The molecule has 0 N–H and O–H groups in total. The van der Waals surface area contributed by atoms with E-state index in [2.05, 4.69) is 35.9 Å². The van der Waals surface area contributed by atoms with E-state index in [-0.39, 0.29) is 0 Å². The third-order valence-electron chi connectivity index (χ3n) is 7.19. The van der Waals surface area contributed by atoms with Crippen molar-refractivity contribution in [2.75, 3.05) is 27.4 Å². The minimum absolute atomic E-state index is 0.602. The number of aromatic nitrogens is 1. The zero-order chi connectivity index (χ0) is 23.5. The fourth-order valence-electron chi connectivity index (χ4n) is 5.49. The molecule has 5 nitrogen and oxygen atoms in total. The van der Waals surface area contributed by atoms with Crippen molar-refractivity contribution >= 4 is 10.8 Å². The number of unbranched alkanes of at least 4 members (excludes halogenated alkanes) is 5. The van der Waals surface area contributed by atoms with Crippen molar-refractivity contribution in [1.82, 2.24) is 0 Å². The number of methoxy groups -OCH3 is 2. The molecule has 34 heavy (non-hydrogen) atoms. The van der Waals surface area contributed by atoms with Crippen LogP contribution in [-0.4, -0.2) is 27.4 Å². The lowest BCUT2D eigenvalue weighted by atomic mass is 9.89. The molecule has 2 aliphatic rings. The molecular formula is C29H36NO4+. The van der Waals surface area contributed by atoms with Crippen LogP contribution in [0.1, 0.15) is 56.6 Å². The molecule has 0 saturated carbocycles. The summed E-state index contributed by atoms with van der Waals surface area (Å²) < 4.78 is 25.7. The average Bonchev–Trinajstić information content (AvgIpc) is 2.88. The van der Waals surface area contributed by atoms with Crippen LogP contribution in [0.15, 0.2) is 30.5 Å². The van der Waals surface area contributed by atoms with E-state index in [4.69, 9.17) is 18.9 Å². The van der Waals surface area contributed by atoms with Crippen LogP contribution in [0, 0.1) is 0 Å². The Morgan fingerprint density at radius 3 is 2.41 bits per heavy atom. The van der Waals surface area contributed by atoms with Gasteiger partial charge >= 0.3 is 0 Å². The van der Waals surface area contributed by atoms with E-state index in [1.165, 1.54) is 66.3 Å². The van der Waals surface area contributed by atoms with Crippen molar-refractivity contribution < 1.29 is 23.5 Å². The van der Waals surface area contributed by atoms with Crippen LogP contribution in [0.2, 0.25) is 0 Å². The van der Waals surface area contributed by atoms with Gasteiger partial charge < -0.3 is 18.9 Å². The first-order valence-corrected chi connectivity index (χ1v) is 12.8. The Hall–Kier alpha value is -2.95. The fourth-order valence-corrected chi connectivity index (χ4v) is 5.49. The lowest BCUT2D eigenvalue weighted by Gasteiger charge is -2.24. The molecule has 180 valence electrons. The van der Waals surface area contributed by atoms with E-state index in [9.17, 15) is 0 Å². The van der Waals surface area contributed by atoms with Crippen molar-refractivity contribution in [1.29, 1.82) is 0 Å². The molecule has 0 unspecified atom stereocenters. The van der Waals surface area contributed by atoms with Crippen molar-refractivity contribution in [2.45, 2.75) is 64.8 Å². The SMILES string of the molecule is CCCCCCCCc1c2[n+](cc3c(OC)c(OC)ccc13)CCc1cc3c(cc1-2)OCCO3. The Morgan fingerprint density at radius 2 is 1.65 bits per heavy atom. The number of nitrogens with zero attached hydrogens (tertiary/aromatic N) is 1. The number of hydrogen-bond donors (Lipinski definition) is 0. The van der Waals surface area contributed by atoms with Gasteiger partial charge in [-0.3, -0.25) is 0 Å². The van der Waals surface area contributed by atoms with Crippen LogP contribution < -0.4 is 23.5 Å². The van der Waals surface area contributed by atoms with Gasteiger partial charge in [-0.2, -0.15) is 4.57 Å². The van der Waals surface area contributed by atoms with Gasteiger partial charge in [0.05, 0.1) is 25.2 Å². The highest BCUT2D eigenvalue weighted by molar-refractivity contribution is 5.95. The third-order valence-corrected chi connectivity index (χ3v) is 7.19. The smallest absolute Gasteiger partial charge is 0.216 e. The zero-order valence-electron chi connectivity index (χ0n) is 20.7. The molecule has 0 aliphatic carbocycles. The Kier molecular flexibility index (Phi) is 6.80. The summed E-state index contributed by atoms with van der Waals surface area (Å²) in [5, 5.41) is 2.37. The minimum atomic E-state index is 0.602. The number of pyridine rings is 1. The number of aryl methyl sites for hydroxylation is 3. The van der Waals surface area contributed by atoms with Crippen LogP contribution in [0.25, 0.3) is 22.0 Å². The third kappa shape index (κ3) is 4.17. The van der Waals surface area contributed by atoms with E-state index in [0.29, 0.717) is 13.2 Å². The van der Waals surface area contributed by atoms with E-state index in [1.807, 2.05) is 6.07 Å². The molecule has 5 heteroatoms. The monoisotopic (exact) mass is 462 g/mol. The standard InChI is InChI=1S/C29H36NO4/c1-4-5-6-7-8-9-10-22-21-11-12-25(31-2)29(32-3)24(21)19-30-14-13-20-17-26-27(34-16-15-33-26)18-23(20)28(22)30/h11-12,17-19H,4-10,13-16H2,1-3H3/q+1. The highest BCUT2D eigenvalue weighted by Crippen LogP contribution is 2.43. The van der Waals surface area contributed by atoms with Gasteiger partial charge in [0, 0.05) is 17.4 Å². The lowest BCUT2D eigenvalue weighted by molar-refractivity contribution is -0.686. The minimum Gasteiger partial charge on any atom is -0.493 e. The predicted molar refractivity (Wildman–Crippen MR) is 134 cm³/mol. The van der Waals surface area contributed by atoms with Gasteiger partial charge in [0.25, 0.3) is 0 Å². The summed E-state index contributed by atoms with van der Waals surface area (Å²) in [6.07, 6.45) is 12.0. The summed E-state index contributed by atoms with van der Waals surface area (Å²) in [6, 6.07) is 8.64. The van der Waals surface area contributed by atoms with Crippen LogP contribution in [0.4, 0.5) is 0 Å². The molecule has 0 amide bonds. The average molecular weight is 463 g/mol. The largest absolute Gasteiger partial charge is 0.493 e. The van der Waals surface area contributed by atoms with Crippen LogP contribution in [0.3, 0.4) is 0 Å². The Bertz CT molecular complexity index is 1190. The first-order chi connectivity index (χ1) is 16.7. The van der Waals surface area contributed by atoms with Crippen LogP contribution in [-0.2, 0) is 19.4 Å². The lowest BCUT2D eigenvalue weighted by Crippen LogP contribution is -2.41. The molecule has 0 radical (unpaired) electrons. The quantitative estimate of drug-likeness (QED) is 0.287. The second kappa shape index (κ2) is 10.1.